The fraction of sp³-hybridized carbons (Fsp3) is 0.318. The maximum absolute atomic E-state index is 12.9. The zero-order valence-electron chi connectivity index (χ0n) is 17.7. The Bertz CT molecular complexity index is 969. The first-order chi connectivity index (χ1) is 15.0. The molecule has 1 aliphatic heterocycles. The van der Waals surface area contributed by atoms with Gasteiger partial charge < -0.3 is 24.8 Å². The summed E-state index contributed by atoms with van der Waals surface area (Å²) < 4.78 is 16.0. The predicted molar refractivity (Wildman–Crippen MR) is 115 cm³/mol. The summed E-state index contributed by atoms with van der Waals surface area (Å²) >= 11 is 0. The van der Waals surface area contributed by atoms with Crippen LogP contribution in [0, 0.1) is 0 Å². The lowest BCUT2D eigenvalue weighted by atomic mass is 10.1. The number of carbonyl (C=O) groups excluding carboxylic acids is 3. The summed E-state index contributed by atoms with van der Waals surface area (Å²) in [4.78, 5) is 38.8. The Balaban J connectivity index is 1.86. The summed E-state index contributed by atoms with van der Waals surface area (Å²) in [7, 11) is 2.93. The van der Waals surface area contributed by atoms with Crippen molar-refractivity contribution in [2.24, 2.45) is 0 Å². The van der Waals surface area contributed by atoms with Crippen molar-refractivity contribution in [2.75, 3.05) is 44.1 Å². The fourth-order valence-electron chi connectivity index (χ4n) is 3.19. The van der Waals surface area contributed by atoms with Crippen LogP contribution in [0.15, 0.2) is 36.4 Å². The van der Waals surface area contributed by atoms with E-state index in [9.17, 15) is 14.4 Å². The summed E-state index contributed by atoms with van der Waals surface area (Å²) in [6, 6.07) is 9.94. The average Bonchev–Trinajstić information content (AvgIpc) is 2.78. The van der Waals surface area contributed by atoms with Crippen molar-refractivity contribution in [3.05, 3.63) is 42.0 Å². The van der Waals surface area contributed by atoms with Gasteiger partial charge in [0.25, 0.3) is 11.8 Å². The number of methoxy groups -OCH3 is 2. The quantitative estimate of drug-likeness (QED) is 0.669. The number of amides is 3. The fourth-order valence-corrected chi connectivity index (χ4v) is 3.19. The van der Waals surface area contributed by atoms with Crippen LogP contribution in [0.2, 0.25) is 0 Å². The molecule has 0 saturated heterocycles. The summed E-state index contributed by atoms with van der Waals surface area (Å²) in [5, 5.41) is 5.54. The number of ether oxygens (including phenoxy) is 3. The van der Waals surface area contributed by atoms with Crippen molar-refractivity contribution in [1.82, 2.24) is 5.32 Å². The van der Waals surface area contributed by atoms with Crippen LogP contribution in [0.5, 0.6) is 17.2 Å². The van der Waals surface area contributed by atoms with Gasteiger partial charge in [-0.05, 0) is 36.8 Å². The molecule has 0 radical (unpaired) electrons. The van der Waals surface area contributed by atoms with E-state index in [2.05, 4.69) is 10.6 Å². The standard InChI is InChI=1S/C22H25N3O6/c1-4-10-23-19(26)12-25-15-11-14(8-9-16(15)31-13-20(25)27)24-22(28)21-17(29-2)6-5-7-18(21)30-3/h5-9,11H,4,10,12-13H2,1-3H3,(H,23,26)(H,24,28). The molecule has 1 aliphatic rings. The highest BCUT2D eigenvalue weighted by atomic mass is 16.5. The van der Waals surface area contributed by atoms with Crippen LogP contribution in [0.1, 0.15) is 23.7 Å². The molecule has 0 spiro atoms. The van der Waals surface area contributed by atoms with Gasteiger partial charge in [-0.25, -0.2) is 0 Å². The second kappa shape index (κ2) is 9.84. The van der Waals surface area contributed by atoms with Crippen LogP contribution in [0.25, 0.3) is 0 Å². The van der Waals surface area contributed by atoms with Gasteiger partial charge in [-0.2, -0.15) is 0 Å². The Labute approximate surface area is 180 Å². The van der Waals surface area contributed by atoms with Crippen LogP contribution in [-0.4, -0.2) is 51.6 Å². The van der Waals surface area contributed by atoms with Crippen LogP contribution >= 0.6 is 0 Å². The molecule has 3 rings (SSSR count). The molecule has 0 aromatic heterocycles. The maximum atomic E-state index is 12.9. The van der Waals surface area contributed by atoms with Crippen LogP contribution in [0.3, 0.4) is 0 Å². The van der Waals surface area contributed by atoms with E-state index in [1.54, 1.807) is 36.4 Å². The Kier molecular flexibility index (Phi) is 6.96. The lowest BCUT2D eigenvalue weighted by molar-refractivity contribution is -0.125. The molecule has 2 N–H and O–H groups in total. The van der Waals surface area contributed by atoms with E-state index in [1.165, 1.54) is 19.1 Å². The van der Waals surface area contributed by atoms with Gasteiger partial charge in [0.15, 0.2) is 6.61 Å². The van der Waals surface area contributed by atoms with Gasteiger partial charge in [0.1, 0.15) is 29.4 Å². The lowest BCUT2D eigenvalue weighted by Crippen LogP contribution is -2.45. The highest BCUT2D eigenvalue weighted by Gasteiger charge is 2.28. The number of anilines is 2. The van der Waals surface area contributed by atoms with Crippen LogP contribution in [-0.2, 0) is 9.59 Å². The van der Waals surface area contributed by atoms with E-state index in [1.807, 2.05) is 6.92 Å². The largest absolute Gasteiger partial charge is 0.496 e. The Morgan fingerprint density at radius 3 is 2.48 bits per heavy atom. The molecule has 0 fully saturated rings. The molecule has 9 heteroatoms. The van der Waals surface area contributed by atoms with Crippen molar-refractivity contribution in [3.63, 3.8) is 0 Å². The molecule has 1 heterocycles. The Hall–Kier alpha value is -3.75. The predicted octanol–water partition coefficient (Wildman–Crippen LogP) is 2.21. The third-order valence-corrected chi connectivity index (χ3v) is 4.69. The first-order valence-electron chi connectivity index (χ1n) is 9.84. The highest BCUT2D eigenvalue weighted by molar-refractivity contribution is 6.09. The molecule has 31 heavy (non-hydrogen) atoms. The minimum Gasteiger partial charge on any atom is -0.496 e. The zero-order chi connectivity index (χ0) is 22.4. The molecular weight excluding hydrogens is 402 g/mol. The molecule has 3 amide bonds. The number of nitrogens with zero attached hydrogens (tertiary/aromatic N) is 1. The molecule has 0 aliphatic carbocycles. The van der Waals surface area contributed by atoms with E-state index in [0.29, 0.717) is 35.2 Å². The second-order valence-electron chi connectivity index (χ2n) is 6.79. The van der Waals surface area contributed by atoms with Crippen molar-refractivity contribution in [1.29, 1.82) is 0 Å². The average molecular weight is 427 g/mol. The Morgan fingerprint density at radius 2 is 1.84 bits per heavy atom. The van der Waals surface area contributed by atoms with E-state index < -0.39 is 5.91 Å². The minimum atomic E-state index is -0.440. The first-order valence-corrected chi connectivity index (χ1v) is 9.84. The van der Waals surface area contributed by atoms with Crippen LogP contribution in [0.4, 0.5) is 11.4 Å². The third-order valence-electron chi connectivity index (χ3n) is 4.69. The summed E-state index contributed by atoms with van der Waals surface area (Å²) in [6.45, 7) is 2.19. The van der Waals surface area contributed by atoms with Crippen LogP contribution < -0.4 is 29.7 Å². The molecule has 0 bridgehead atoms. The Morgan fingerprint density at radius 1 is 1.13 bits per heavy atom. The van der Waals surface area contributed by atoms with E-state index in [4.69, 9.17) is 14.2 Å². The van der Waals surface area contributed by atoms with E-state index in [0.717, 1.165) is 6.42 Å². The summed E-state index contributed by atoms with van der Waals surface area (Å²) in [6.07, 6.45) is 0.794. The molecule has 164 valence electrons. The normalized spacial score (nSPS) is 12.5. The number of fused-ring (bicyclic) bond motifs is 1. The van der Waals surface area contributed by atoms with E-state index >= 15 is 0 Å². The maximum Gasteiger partial charge on any atom is 0.265 e. The second-order valence-corrected chi connectivity index (χ2v) is 6.79. The summed E-state index contributed by atoms with van der Waals surface area (Å²) in [5.41, 5.74) is 1.08. The topological polar surface area (TPSA) is 106 Å². The molecule has 0 unspecified atom stereocenters. The molecule has 2 aromatic rings. The van der Waals surface area contributed by atoms with Crippen molar-refractivity contribution >= 4 is 29.1 Å². The molecule has 0 atom stereocenters. The number of benzene rings is 2. The molecule has 9 nitrogen and oxygen atoms in total. The monoisotopic (exact) mass is 427 g/mol. The zero-order valence-corrected chi connectivity index (χ0v) is 17.7. The van der Waals surface area contributed by atoms with Crippen molar-refractivity contribution < 1.29 is 28.6 Å². The molecule has 2 aromatic carbocycles. The van der Waals surface area contributed by atoms with Crippen molar-refractivity contribution in [2.45, 2.75) is 13.3 Å². The number of nitrogens with one attached hydrogen (secondary N) is 2. The number of hydrogen-bond donors (Lipinski definition) is 2. The molecular formula is C22H25N3O6. The van der Waals surface area contributed by atoms with Gasteiger partial charge >= 0.3 is 0 Å². The molecule has 0 saturated carbocycles. The highest BCUT2D eigenvalue weighted by Crippen LogP contribution is 2.35. The van der Waals surface area contributed by atoms with Gasteiger partial charge in [0.2, 0.25) is 5.91 Å². The lowest BCUT2D eigenvalue weighted by Gasteiger charge is -2.29. The van der Waals surface area contributed by atoms with Crippen molar-refractivity contribution in [3.8, 4) is 17.2 Å². The van der Waals surface area contributed by atoms with Gasteiger partial charge in [-0.15, -0.1) is 0 Å². The summed E-state index contributed by atoms with van der Waals surface area (Å²) in [5.74, 6) is 0.135. The van der Waals surface area contributed by atoms with E-state index in [-0.39, 0.29) is 30.5 Å². The number of rotatable bonds is 8. The first kappa shape index (κ1) is 21.9. The van der Waals surface area contributed by atoms with Gasteiger partial charge in [-0.1, -0.05) is 13.0 Å². The van der Waals surface area contributed by atoms with Gasteiger partial charge in [-0.3, -0.25) is 19.3 Å². The SMILES string of the molecule is CCCNC(=O)CN1C(=O)COc2ccc(NC(=O)c3c(OC)cccc3OC)cc21. The van der Waals surface area contributed by atoms with Gasteiger partial charge in [0, 0.05) is 12.2 Å². The smallest absolute Gasteiger partial charge is 0.265 e. The number of carbonyl (C=O) groups is 3. The minimum absolute atomic E-state index is 0.132. The van der Waals surface area contributed by atoms with Gasteiger partial charge in [0.05, 0.1) is 19.9 Å². The number of hydrogen-bond acceptors (Lipinski definition) is 6. The third kappa shape index (κ3) is 4.88.